The third-order valence-corrected chi connectivity index (χ3v) is 6.58. The van der Waals surface area contributed by atoms with E-state index in [1.165, 1.54) is 11.3 Å². The van der Waals surface area contributed by atoms with E-state index in [0.29, 0.717) is 21.7 Å². The largest absolute Gasteiger partial charge is 0.365 e. The fraction of sp³-hybridized carbons (Fsp3) is 0.368. The minimum absolute atomic E-state index is 0.131. The Balaban J connectivity index is 1.88. The van der Waals surface area contributed by atoms with E-state index in [0.717, 1.165) is 48.8 Å². The summed E-state index contributed by atoms with van der Waals surface area (Å²) in [5.41, 5.74) is 7.86. The minimum atomic E-state index is -3.19. The Morgan fingerprint density at radius 2 is 1.93 bits per heavy atom. The topological polar surface area (TPSA) is 106 Å². The van der Waals surface area contributed by atoms with Crippen LogP contribution in [0.5, 0.6) is 0 Å². The average Bonchev–Trinajstić information content (AvgIpc) is 2.75. The van der Waals surface area contributed by atoms with Gasteiger partial charge in [0.15, 0.2) is 9.84 Å². The highest BCUT2D eigenvalue weighted by Gasteiger charge is 2.24. The van der Waals surface area contributed by atoms with Gasteiger partial charge in [0.05, 0.1) is 11.3 Å². The Labute approximate surface area is 162 Å². The molecule has 1 aromatic heterocycles. The molecule has 1 aliphatic carbocycles. The lowest BCUT2D eigenvalue weighted by molar-refractivity contribution is 0.100. The predicted molar refractivity (Wildman–Crippen MR) is 107 cm³/mol. The highest BCUT2D eigenvalue weighted by Crippen LogP contribution is 2.37. The maximum Gasteiger partial charge on any atom is 0.256 e. The molecule has 8 heteroatoms. The van der Waals surface area contributed by atoms with Crippen LogP contribution in [0.3, 0.4) is 0 Å². The van der Waals surface area contributed by atoms with E-state index in [2.05, 4.69) is 5.32 Å². The van der Waals surface area contributed by atoms with Crippen molar-refractivity contribution < 1.29 is 18.0 Å². The number of sulfone groups is 1. The number of carbonyl (C=O) groups excluding carboxylic acids is 2. The molecule has 0 aliphatic heterocycles. The number of carbonyl (C=O) groups is 2. The molecule has 0 saturated heterocycles. The third-order valence-electron chi connectivity index (χ3n) is 4.51. The molecule has 1 aliphatic rings. The van der Waals surface area contributed by atoms with Gasteiger partial charge >= 0.3 is 0 Å². The summed E-state index contributed by atoms with van der Waals surface area (Å²) in [7, 11) is -3.19. The van der Waals surface area contributed by atoms with Gasteiger partial charge in [0.2, 0.25) is 0 Å². The number of anilines is 1. The number of hydrogen-bond donors (Lipinski definition) is 2. The van der Waals surface area contributed by atoms with Crippen LogP contribution in [0.1, 0.15) is 56.0 Å². The highest BCUT2D eigenvalue weighted by atomic mass is 32.2. The first-order valence-corrected chi connectivity index (χ1v) is 11.6. The zero-order valence-electron chi connectivity index (χ0n) is 15.1. The third kappa shape index (κ3) is 4.75. The number of primary amides is 1. The smallest absolute Gasteiger partial charge is 0.256 e. The second kappa shape index (κ2) is 7.82. The SMILES string of the molecule is CS(=O)(=O)Cc1cccc(C(=O)Nc2sc3c(c2C(N)=O)CCCCC3)c1. The Hall–Kier alpha value is -2.19. The summed E-state index contributed by atoms with van der Waals surface area (Å²) in [6.45, 7) is 0. The summed E-state index contributed by atoms with van der Waals surface area (Å²) >= 11 is 1.41. The van der Waals surface area contributed by atoms with Crippen LogP contribution in [0.25, 0.3) is 0 Å². The number of benzene rings is 1. The lowest BCUT2D eigenvalue weighted by Gasteiger charge is -2.08. The van der Waals surface area contributed by atoms with Crippen molar-refractivity contribution in [1.29, 1.82) is 0 Å². The Morgan fingerprint density at radius 1 is 1.19 bits per heavy atom. The minimum Gasteiger partial charge on any atom is -0.365 e. The number of nitrogens with two attached hydrogens (primary N) is 1. The molecule has 0 spiro atoms. The average molecular weight is 407 g/mol. The first kappa shape index (κ1) is 19.6. The van der Waals surface area contributed by atoms with E-state index >= 15 is 0 Å². The van der Waals surface area contributed by atoms with Crippen molar-refractivity contribution in [2.24, 2.45) is 5.73 Å². The van der Waals surface area contributed by atoms with Crippen molar-refractivity contribution in [2.45, 2.75) is 37.9 Å². The van der Waals surface area contributed by atoms with Gasteiger partial charge in [0.1, 0.15) is 5.00 Å². The molecule has 0 radical (unpaired) electrons. The van der Waals surface area contributed by atoms with Crippen molar-refractivity contribution in [3.8, 4) is 0 Å². The lowest BCUT2D eigenvalue weighted by atomic mass is 10.0. The standard InChI is InChI=1S/C19H22N2O4S2/c1-27(24,25)11-12-6-5-7-13(10-12)18(23)21-19-16(17(20)22)14-8-3-2-4-9-15(14)26-19/h5-7,10H,2-4,8-9,11H2,1H3,(H2,20,22)(H,21,23). The van der Waals surface area contributed by atoms with Gasteiger partial charge < -0.3 is 11.1 Å². The van der Waals surface area contributed by atoms with Crippen LogP contribution >= 0.6 is 11.3 Å². The first-order chi connectivity index (χ1) is 12.7. The molecule has 2 amide bonds. The van der Waals surface area contributed by atoms with Crippen LogP contribution in [0.15, 0.2) is 24.3 Å². The molecule has 3 rings (SSSR count). The maximum atomic E-state index is 12.7. The Bertz CT molecular complexity index is 993. The molecule has 0 fully saturated rings. The van der Waals surface area contributed by atoms with Gasteiger partial charge in [-0.25, -0.2) is 8.42 Å². The van der Waals surface area contributed by atoms with Crippen molar-refractivity contribution in [3.05, 3.63) is 51.4 Å². The quantitative estimate of drug-likeness (QED) is 0.745. The highest BCUT2D eigenvalue weighted by molar-refractivity contribution is 7.89. The maximum absolute atomic E-state index is 12.7. The second-order valence-electron chi connectivity index (χ2n) is 6.86. The first-order valence-electron chi connectivity index (χ1n) is 8.77. The molecule has 0 bridgehead atoms. The van der Waals surface area contributed by atoms with Gasteiger partial charge in [0, 0.05) is 16.7 Å². The molecule has 144 valence electrons. The van der Waals surface area contributed by atoms with E-state index in [-0.39, 0.29) is 11.7 Å². The molecule has 1 aromatic carbocycles. The molecule has 0 atom stereocenters. The molecular weight excluding hydrogens is 384 g/mol. The second-order valence-corrected chi connectivity index (χ2v) is 10.1. The molecule has 3 N–H and O–H groups in total. The summed E-state index contributed by atoms with van der Waals surface area (Å²) in [5, 5.41) is 3.28. The molecule has 6 nitrogen and oxygen atoms in total. The van der Waals surface area contributed by atoms with Crippen LogP contribution in [-0.4, -0.2) is 26.5 Å². The number of amides is 2. The van der Waals surface area contributed by atoms with E-state index < -0.39 is 15.7 Å². The monoisotopic (exact) mass is 406 g/mol. The fourth-order valence-corrected chi connectivity index (χ4v) is 5.45. The molecular formula is C19H22N2O4S2. The summed E-state index contributed by atoms with van der Waals surface area (Å²) in [5.74, 6) is -1.05. The summed E-state index contributed by atoms with van der Waals surface area (Å²) in [6.07, 6.45) is 6.02. The molecule has 1 heterocycles. The lowest BCUT2D eigenvalue weighted by Crippen LogP contribution is -2.18. The zero-order valence-corrected chi connectivity index (χ0v) is 16.7. The fourth-order valence-electron chi connectivity index (χ4n) is 3.37. The zero-order chi connectivity index (χ0) is 19.6. The number of rotatable bonds is 5. The van der Waals surface area contributed by atoms with Gasteiger partial charge in [-0.3, -0.25) is 9.59 Å². The predicted octanol–water partition coefficient (Wildman–Crippen LogP) is 2.91. The van der Waals surface area contributed by atoms with Crippen LogP contribution in [0.2, 0.25) is 0 Å². The van der Waals surface area contributed by atoms with Crippen molar-refractivity contribution >= 4 is 38.0 Å². The Morgan fingerprint density at radius 3 is 2.63 bits per heavy atom. The van der Waals surface area contributed by atoms with E-state index in [1.807, 2.05) is 0 Å². The number of fused-ring (bicyclic) bond motifs is 1. The van der Waals surface area contributed by atoms with Crippen LogP contribution < -0.4 is 11.1 Å². The van der Waals surface area contributed by atoms with Gasteiger partial charge in [0.25, 0.3) is 11.8 Å². The molecule has 0 saturated carbocycles. The van der Waals surface area contributed by atoms with Gasteiger partial charge in [-0.2, -0.15) is 0 Å². The van der Waals surface area contributed by atoms with Gasteiger partial charge in [-0.1, -0.05) is 18.6 Å². The number of aryl methyl sites for hydroxylation is 1. The van der Waals surface area contributed by atoms with E-state index in [9.17, 15) is 18.0 Å². The van der Waals surface area contributed by atoms with Crippen LogP contribution in [0.4, 0.5) is 5.00 Å². The van der Waals surface area contributed by atoms with Crippen molar-refractivity contribution in [2.75, 3.05) is 11.6 Å². The molecule has 0 unspecified atom stereocenters. The number of thiophene rings is 1. The van der Waals surface area contributed by atoms with Crippen molar-refractivity contribution in [3.63, 3.8) is 0 Å². The normalized spacial score (nSPS) is 14.3. The van der Waals surface area contributed by atoms with E-state index in [1.54, 1.807) is 24.3 Å². The molecule has 2 aromatic rings. The van der Waals surface area contributed by atoms with E-state index in [4.69, 9.17) is 5.73 Å². The summed E-state index contributed by atoms with van der Waals surface area (Å²) in [6, 6.07) is 6.48. The van der Waals surface area contributed by atoms with Crippen LogP contribution in [-0.2, 0) is 28.4 Å². The summed E-state index contributed by atoms with van der Waals surface area (Å²) < 4.78 is 23.0. The number of nitrogens with one attached hydrogen (secondary N) is 1. The van der Waals surface area contributed by atoms with Crippen LogP contribution in [0, 0.1) is 0 Å². The summed E-state index contributed by atoms with van der Waals surface area (Å²) in [4.78, 5) is 25.8. The number of hydrogen-bond acceptors (Lipinski definition) is 5. The van der Waals surface area contributed by atoms with Gasteiger partial charge in [-0.15, -0.1) is 11.3 Å². The molecule has 27 heavy (non-hydrogen) atoms. The van der Waals surface area contributed by atoms with Crippen molar-refractivity contribution in [1.82, 2.24) is 0 Å². The van der Waals surface area contributed by atoms with Gasteiger partial charge in [-0.05, 0) is 48.9 Å². The Kier molecular flexibility index (Phi) is 5.67.